The molecular formula is C11H13O2Sr+. The van der Waals surface area contributed by atoms with Gasteiger partial charge < -0.3 is 9.90 Å². The fourth-order valence-electron chi connectivity index (χ4n) is 1.11. The molecule has 0 atom stereocenters. The van der Waals surface area contributed by atoms with Gasteiger partial charge in [-0.15, -0.1) is 0 Å². The van der Waals surface area contributed by atoms with Crippen LogP contribution in [0.5, 0.6) is 0 Å². The smallest absolute Gasteiger partial charge is 0.545 e. The van der Waals surface area contributed by atoms with Crippen LogP contribution in [0.25, 0.3) is 0 Å². The van der Waals surface area contributed by atoms with Gasteiger partial charge >= 0.3 is 45.5 Å². The molecule has 1 aromatic rings. The number of carbonyl (C=O) groups excluding carboxylic acids is 1. The fourth-order valence-corrected chi connectivity index (χ4v) is 1.11. The van der Waals surface area contributed by atoms with Gasteiger partial charge in [0.1, 0.15) is 0 Å². The van der Waals surface area contributed by atoms with E-state index in [-0.39, 0.29) is 56.5 Å². The minimum atomic E-state index is -1.12. The first-order valence-electron chi connectivity index (χ1n) is 4.23. The van der Waals surface area contributed by atoms with Crippen LogP contribution in [-0.2, 0) is 5.41 Å². The Bertz CT molecular complexity index is 309. The van der Waals surface area contributed by atoms with Crippen molar-refractivity contribution in [3.05, 3.63) is 35.4 Å². The summed E-state index contributed by atoms with van der Waals surface area (Å²) in [5.41, 5.74) is 1.41. The van der Waals surface area contributed by atoms with E-state index in [9.17, 15) is 9.90 Å². The standard InChI is InChI=1S/C11H14O2.Sr/c1-11(2,3)9-6-4-8(5-7-9)10(12)13;/h4-7H,1-3H3,(H,12,13);/q;+2/p-1. The largest absolute Gasteiger partial charge is 2.00 e. The molecule has 3 heteroatoms. The molecule has 0 saturated carbocycles. The van der Waals surface area contributed by atoms with Crippen molar-refractivity contribution in [3.8, 4) is 0 Å². The van der Waals surface area contributed by atoms with Crippen LogP contribution in [0.4, 0.5) is 0 Å². The van der Waals surface area contributed by atoms with E-state index in [1.807, 2.05) is 12.1 Å². The summed E-state index contributed by atoms with van der Waals surface area (Å²) < 4.78 is 0. The van der Waals surface area contributed by atoms with Crippen molar-refractivity contribution >= 4 is 51.5 Å². The van der Waals surface area contributed by atoms with Crippen molar-refractivity contribution in [2.24, 2.45) is 0 Å². The number of carbonyl (C=O) groups is 1. The normalized spacial score (nSPS) is 10.5. The van der Waals surface area contributed by atoms with Crippen LogP contribution in [0.3, 0.4) is 0 Å². The quantitative estimate of drug-likeness (QED) is 0.709. The molecule has 0 aliphatic heterocycles. The zero-order valence-corrected chi connectivity index (χ0v) is 12.3. The zero-order chi connectivity index (χ0) is 10.1. The molecule has 70 valence electrons. The average molecular weight is 265 g/mol. The molecule has 0 aromatic heterocycles. The van der Waals surface area contributed by atoms with Gasteiger partial charge in [-0.25, -0.2) is 0 Å². The number of hydrogen-bond donors (Lipinski definition) is 0. The van der Waals surface area contributed by atoms with E-state index in [0.717, 1.165) is 5.56 Å². The maximum atomic E-state index is 10.5. The van der Waals surface area contributed by atoms with Gasteiger partial charge in [-0.3, -0.25) is 0 Å². The molecule has 0 N–H and O–H groups in total. The number of rotatable bonds is 1. The van der Waals surface area contributed by atoms with Crippen LogP contribution in [-0.4, -0.2) is 51.5 Å². The molecule has 0 spiro atoms. The third-order valence-corrected chi connectivity index (χ3v) is 1.99. The van der Waals surface area contributed by atoms with Crippen LogP contribution in [0, 0.1) is 0 Å². The summed E-state index contributed by atoms with van der Waals surface area (Å²) in [4.78, 5) is 10.5. The molecule has 0 amide bonds. The Hall–Kier alpha value is 0.171. The molecule has 0 radical (unpaired) electrons. The number of aromatic carboxylic acids is 1. The first-order chi connectivity index (χ1) is 5.91. The van der Waals surface area contributed by atoms with Gasteiger partial charge in [0.25, 0.3) is 0 Å². The van der Waals surface area contributed by atoms with Crippen molar-refractivity contribution in [2.45, 2.75) is 26.2 Å². The first kappa shape index (κ1) is 14.2. The van der Waals surface area contributed by atoms with Gasteiger partial charge in [0.2, 0.25) is 0 Å². The molecule has 1 aromatic carbocycles. The van der Waals surface area contributed by atoms with E-state index in [0.29, 0.717) is 0 Å². The first-order valence-corrected chi connectivity index (χ1v) is 4.23. The fraction of sp³-hybridized carbons (Fsp3) is 0.364. The number of carboxylic acids is 1. The average Bonchev–Trinajstić information content (AvgIpc) is 2.03. The van der Waals surface area contributed by atoms with Crippen LogP contribution in [0.1, 0.15) is 36.7 Å². The van der Waals surface area contributed by atoms with E-state index < -0.39 is 5.97 Å². The van der Waals surface area contributed by atoms with Crippen LogP contribution >= 0.6 is 0 Å². The van der Waals surface area contributed by atoms with Crippen LogP contribution in [0.15, 0.2) is 24.3 Å². The van der Waals surface area contributed by atoms with Gasteiger partial charge in [0, 0.05) is 0 Å². The molecule has 0 aliphatic carbocycles. The second-order valence-electron chi connectivity index (χ2n) is 4.11. The van der Waals surface area contributed by atoms with Crippen molar-refractivity contribution in [2.75, 3.05) is 0 Å². The van der Waals surface area contributed by atoms with E-state index in [1.165, 1.54) is 0 Å². The predicted molar refractivity (Wildman–Crippen MR) is 55.2 cm³/mol. The topological polar surface area (TPSA) is 40.1 Å². The predicted octanol–water partition coefficient (Wildman–Crippen LogP) is 0.967. The summed E-state index contributed by atoms with van der Waals surface area (Å²) in [7, 11) is 0. The Balaban J connectivity index is 0.00000169. The number of benzene rings is 1. The third-order valence-electron chi connectivity index (χ3n) is 1.99. The molecule has 0 unspecified atom stereocenters. The summed E-state index contributed by atoms with van der Waals surface area (Å²) >= 11 is 0. The maximum absolute atomic E-state index is 10.5. The summed E-state index contributed by atoms with van der Waals surface area (Å²) in [6.07, 6.45) is 0. The minimum absolute atomic E-state index is 0. The summed E-state index contributed by atoms with van der Waals surface area (Å²) in [6.45, 7) is 6.25. The summed E-state index contributed by atoms with van der Waals surface area (Å²) in [6, 6.07) is 6.81. The third kappa shape index (κ3) is 3.73. The van der Waals surface area contributed by atoms with Crippen LogP contribution in [0.2, 0.25) is 0 Å². The van der Waals surface area contributed by atoms with E-state index >= 15 is 0 Å². The molecule has 0 saturated heterocycles. The van der Waals surface area contributed by atoms with Crippen molar-refractivity contribution in [1.82, 2.24) is 0 Å². The zero-order valence-electron chi connectivity index (χ0n) is 8.83. The number of hydrogen-bond acceptors (Lipinski definition) is 2. The molecular weight excluding hydrogens is 252 g/mol. The summed E-state index contributed by atoms with van der Waals surface area (Å²) in [5.74, 6) is -1.12. The minimum Gasteiger partial charge on any atom is -0.545 e. The van der Waals surface area contributed by atoms with Crippen LogP contribution < -0.4 is 5.11 Å². The Morgan fingerprint density at radius 1 is 1.14 bits per heavy atom. The van der Waals surface area contributed by atoms with E-state index in [4.69, 9.17) is 0 Å². The monoisotopic (exact) mass is 265 g/mol. The Morgan fingerprint density at radius 2 is 1.57 bits per heavy atom. The van der Waals surface area contributed by atoms with Crippen molar-refractivity contribution in [3.63, 3.8) is 0 Å². The van der Waals surface area contributed by atoms with Gasteiger partial charge in [-0.1, -0.05) is 45.0 Å². The Labute approximate surface area is 122 Å². The van der Waals surface area contributed by atoms with Gasteiger partial charge in [0.05, 0.1) is 5.97 Å². The van der Waals surface area contributed by atoms with Crippen molar-refractivity contribution < 1.29 is 9.90 Å². The number of carboxylic acid groups (broad SMARTS) is 1. The Kier molecular flexibility index (Phi) is 5.37. The molecule has 0 heterocycles. The van der Waals surface area contributed by atoms with E-state index in [2.05, 4.69) is 20.8 Å². The summed E-state index contributed by atoms with van der Waals surface area (Å²) in [5, 5.41) is 10.5. The molecule has 0 fully saturated rings. The van der Waals surface area contributed by atoms with E-state index in [1.54, 1.807) is 12.1 Å². The molecule has 14 heavy (non-hydrogen) atoms. The maximum Gasteiger partial charge on any atom is 2.00 e. The Morgan fingerprint density at radius 3 is 1.86 bits per heavy atom. The molecule has 0 aliphatic rings. The molecule has 0 bridgehead atoms. The SMILES string of the molecule is CC(C)(C)c1ccc(C(=O)[O-])cc1.[Sr+2]. The molecule has 1 rings (SSSR count). The van der Waals surface area contributed by atoms with Gasteiger partial charge in [-0.2, -0.15) is 0 Å². The van der Waals surface area contributed by atoms with Gasteiger partial charge in [-0.05, 0) is 16.5 Å². The second kappa shape index (κ2) is 5.31. The second-order valence-corrected chi connectivity index (χ2v) is 4.11. The van der Waals surface area contributed by atoms with Crippen molar-refractivity contribution in [1.29, 1.82) is 0 Å². The molecule has 2 nitrogen and oxygen atoms in total. The van der Waals surface area contributed by atoms with Gasteiger partial charge in [0.15, 0.2) is 0 Å².